The average Bonchev–Trinajstić information content (AvgIpc) is 2.64. The van der Waals surface area contributed by atoms with Gasteiger partial charge in [0.2, 0.25) is 0 Å². The molecule has 5 nitrogen and oxygen atoms in total. The minimum Gasteiger partial charge on any atom is -0.494 e. The van der Waals surface area contributed by atoms with E-state index in [0.717, 1.165) is 17.8 Å². The molecular weight excluding hydrogens is 414 g/mol. The van der Waals surface area contributed by atoms with Crippen LogP contribution in [0.5, 0.6) is 17.2 Å². The van der Waals surface area contributed by atoms with E-state index in [1.807, 2.05) is 6.92 Å². The van der Waals surface area contributed by atoms with E-state index in [1.54, 1.807) is 18.2 Å². The van der Waals surface area contributed by atoms with Gasteiger partial charge in [-0.15, -0.1) is 0 Å². The first kappa shape index (κ1) is 20.8. The van der Waals surface area contributed by atoms with Crippen molar-refractivity contribution in [2.45, 2.75) is 25.0 Å². The molecule has 2 aromatic rings. The number of halogens is 4. The quantitative estimate of drug-likeness (QED) is 0.474. The summed E-state index contributed by atoms with van der Waals surface area (Å²) in [6, 6.07) is 8.49. The van der Waals surface area contributed by atoms with E-state index in [4.69, 9.17) is 4.74 Å². The van der Waals surface area contributed by atoms with Gasteiger partial charge < -0.3 is 19.5 Å². The Kier molecular flexibility index (Phi) is 6.53. The van der Waals surface area contributed by atoms with Gasteiger partial charge in [0, 0.05) is 16.5 Å². The second kappa shape index (κ2) is 9.08. The van der Waals surface area contributed by atoms with E-state index >= 15 is 0 Å². The molecule has 0 spiro atoms. The fourth-order valence-electron chi connectivity index (χ4n) is 2.54. The highest BCUT2D eigenvalue weighted by Crippen LogP contribution is 2.41. The zero-order chi connectivity index (χ0) is 21.0. The maximum absolute atomic E-state index is 12.7. The van der Waals surface area contributed by atoms with E-state index in [9.17, 15) is 22.4 Å². The number of alkyl halides is 4. The van der Waals surface area contributed by atoms with Gasteiger partial charge in [0.15, 0.2) is 0 Å². The minimum absolute atomic E-state index is 0.106. The zero-order valence-corrected chi connectivity index (χ0v) is 15.8. The average molecular weight is 429 g/mol. The van der Waals surface area contributed by atoms with Crippen LogP contribution in [-0.4, -0.2) is 25.7 Å². The van der Waals surface area contributed by atoms with Gasteiger partial charge in [0.1, 0.15) is 17.2 Å². The Morgan fingerprint density at radius 1 is 1.03 bits per heavy atom. The van der Waals surface area contributed by atoms with Crippen molar-refractivity contribution in [3.8, 4) is 17.2 Å². The summed E-state index contributed by atoms with van der Waals surface area (Å²) in [6.45, 7) is -3.99. The molecule has 1 aliphatic heterocycles. The Morgan fingerprint density at radius 2 is 1.76 bits per heavy atom. The molecule has 0 atom stereocenters. The first-order valence-electron chi connectivity index (χ1n) is 8.37. The Balaban J connectivity index is 1.94. The number of carbonyl (C=O) groups is 1. The number of ether oxygens (including phenoxy) is 3. The lowest BCUT2D eigenvalue weighted by atomic mass is 10.1. The van der Waals surface area contributed by atoms with Gasteiger partial charge in [-0.05, 0) is 43.3 Å². The van der Waals surface area contributed by atoms with Crippen molar-refractivity contribution in [2.24, 2.45) is 0 Å². The molecule has 1 N–H and O–H groups in total. The number of thioether (sulfide) groups is 1. The minimum atomic E-state index is -3.18. The molecule has 3 rings (SSSR count). The highest BCUT2D eigenvalue weighted by atomic mass is 32.2. The summed E-state index contributed by atoms with van der Waals surface area (Å²) in [5.41, 5.74) is 0.694. The lowest BCUT2D eigenvalue weighted by Gasteiger charge is -2.20. The zero-order valence-electron chi connectivity index (χ0n) is 15.0. The molecule has 29 heavy (non-hydrogen) atoms. The van der Waals surface area contributed by atoms with Gasteiger partial charge in [0.05, 0.1) is 17.2 Å². The molecule has 1 aliphatic rings. The van der Waals surface area contributed by atoms with Crippen molar-refractivity contribution in [1.29, 1.82) is 0 Å². The number of hydrogen-bond donors (Lipinski definition) is 1. The van der Waals surface area contributed by atoms with Crippen LogP contribution in [0.1, 0.15) is 12.5 Å². The third-order valence-corrected chi connectivity index (χ3v) is 4.75. The van der Waals surface area contributed by atoms with Gasteiger partial charge in [0.25, 0.3) is 5.91 Å². The number of carbonyl (C=O) groups excluding carboxylic acids is 1. The van der Waals surface area contributed by atoms with Crippen LogP contribution in [0.15, 0.2) is 46.2 Å². The monoisotopic (exact) mass is 429 g/mol. The third kappa shape index (κ3) is 5.35. The number of hydrogen-bond acceptors (Lipinski definition) is 5. The van der Waals surface area contributed by atoms with E-state index in [2.05, 4.69) is 14.8 Å². The molecule has 0 radical (unpaired) electrons. The lowest BCUT2D eigenvalue weighted by Crippen LogP contribution is -2.17. The summed E-state index contributed by atoms with van der Waals surface area (Å²) < 4.78 is 64.3. The Hall–Kier alpha value is -2.88. The molecule has 0 aliphatic carbocycles. The maximum Gasteiger partial charge on any atom is 0.387 e. The maximum atomic E-state index is 12.7. The number of nitrogens with one attached hydrogen (secondary N) is 1. The number of rotatable bonds is 7. The molecule has 0 fully saturated rings. The summed E-state index contributed by atoms with van der Waals surface area (Å²) in [5, 5.41) is 2.70. The first-order chi connectivity index (χ1) is 13.9. The van der Waals surface area contributed by atoms with Gasteiger partial charge in [-0.2, -0.15) is 17.6 Å². The molecule has 0 aromatic heterocycles. The Labute approximate surface area is 167 Å². The largest absolute Gasteiger partial charge is 0.494 e. The number of amides is 1. The van der Waals surface area contributed by atoms with Crippen LogP contribution in [0.25, 0.3) is 6.08 Å². The van der Waals surface area contributed by atoms with Crippen LogP contribution >= 0.6 is 11.8 Å². The summed E-state index contributed by atoms with van der Waals surface area (Å²) >= 11 is 1.12. The van der Waals surface area contributed by atoms with E-state index in [-0.39, 0.29) is 16.2 Å². The normalized spacial score (nSPS) is 14.7. The van der Waals surface area contributed by atoms with Crippen molar-refractivity contribution in [3.05, 3.63) is 46.9 Å². The number of fused-ring (bicyclic) bond motifs is 1. The predicted octanol–water partition coefficient (Wildman–Crippen LogP) is 5.37. The molecule has 0 saturated heterocycles. The summed E-state index contributed by atoms with van der Waals surface area (Å²) in [4.78, 5) is 13.3. The molecule has 1 heterocycles. The number of anilines is 1. The fourth-order valence-corrected chi connectivity index (χ4v) is 3.51. The van der Waals surface area contributed by atoms with Crippen LogP contribution in [0.2, 0.25) is 0 Å². The van der Waals surface area contributed by atoms with Crippen LogP contribution in [0.4, 0.5) is 23.2 Å². The van der Waals surface area contributed by atoms with Gasteiger partial charge >= 0.3 is 13.2 Å². The summed E-state index contributed by atoms with van der Waals surface area (Å²) in [5.74, 6) is -0.565. The molecular formula is C19H15F4NO4S. The van der Waals surface area contributed by atoms with Crippen LogP contribution in [0.3, 0.4) is 0 Å². The van der Waals surface area contributed by atoms with Crippen molar-refractivity contribution in [2.75, 3.05) is 11.9 Å². The van der Waals surface area contributed by atoms with Crippen molar-refractivity contribution in [3.63, 3.8) is 0 Å². The molecule has 0 unspecified atom stereocenters. The third-order valence-electron chi connectivity index (χ3n) is 3.67. The van der Waals surface area contributed by atoms with E-state index in [1.165, 1.54) is 18.2 Å². The predicted molar refractivity (Wildman–Crippen MR) is 99.8 cm³/mol. The molecule has 0 bridgehead atoms. The summed E-state index contributed by atoms with van der Waals surface area (Å²) in [6.07, 6.45) is 1.33. The fraction of sp³-hybridized carbons (Fsp3) is 0.211. The SMILES string of the molecule is CCOc1ccc2c(c1)S/C(=C/c1ccc(OC(F)F)cc1OC(F)F)C(=O)N2. The topological polar surface area (TPSA) is 56.8 Å². The molecule has 10 heteroatoms. The highest BCUT2D eigenvalue weighted by Gasteiger charge is 2.23. The smallest absolute Gasteiger partial charge is 0.387 e. The molecule has 0 saturated carbocycles. The lowest BCUT2D eigenvalue weighted by molar-refractivity contribution is -0.112. The van der Waals surface area contributed by atoms with Gasteiger partial charge in [-0.1, -0.05) is 11.8 Å². The van der Waals surface area contributed by atoms with Crippen molar-refractivity contribution < 1.29 is 36.6 Å². The first-order valence-corrected chi connectivity index (χ1v) is 9.18. The molecule has 2 aromatic carbocycles. The van der Waals surface area contributed by atoms with Crippen molar-refractivity contribution in [1.82, 2.24) is 0 Å². The van der Waals surface area contributed by atoms with Crippen LogP contribution in [-0.2, 0) is 4.79 Å². The summed E-state index contributed by atoms with van der Waals surface area (Å²) in [7, 11) is 0. The van der Waals surface area contributed by atoms with Crippen LogP contribution < -0.4 is 19.5 Å². The molecule has 1 amide bonds. The van der Waals surface area contributed by atoms with Gasteiger partial charge in [-0.3, -0.25) is 4.79 Å². The van der Waals surface area contributed by atoms with Crippen LogP contribution in [0, 0.1) is 0 Å². The van der Waals surface area contributed by atoms with E-state index in [0.29, 0.717) is 22.9 Å². The second-order valence-electron chi connectivity index (χ2n) is 5.61. The second-order valence-corrected chi connectivity index (χ2v) is 6.70. The highest BCUT2D eigenvalue weighted by molar-refractivity contribution is 8.04. The van der Waals surface area contributed by atoms with Crippen molar-refractivity contribution >= 4 is 29.4 Å². The Morgan fingerprint density at radius 3 is 2.45 bits per heavy atom. The number of benzene rings is 2. The van der Waals surface area contributed by atoms with E-state index < -0.39 is 24.9 Å². The standard InChI is InChI=1S/C19H15F4NO4S/c1-2-26-11-5-6-13-15(9-11)29-16(17(25)24-13)7-10-3-4-12(27-18(20)21)8-14(10)28-19(22)23/h3-9,18-19H,2H2,1H3,(H,24,25)/b16-7+. The van der Waals surface area contributed by atoms with Gasteiger partial charge in [-0.25, -0.2) is 0 Å². The molecule has 154 valence electrons. The Bertz CT molecular complexity index is 936.